The molecule has 0 saturated carbocycles. The van der Waals surface area contributed by atoms with E-state index in [4.69, 9.17) is 25.8 Å². The van der Waals surface area contributed by atoms with Crippen LogP contribution in [-0.2, 0) is 24.1 Å². The van der Waals surface area contributed by atoms with Crippen molar-refractivity contribution in [3.63, 3.8) is 0 Å². The fourth-order valence-electron chi connectivity index (χ4n) is 4.98. The van der Waals surface area contributed by atoms with Crippen molar-refractivity contribution in [2.24, 2.45) is 0 Å². The molecule has 0 amide bonds. The largest absolute Gasteiger partial charge is 0.506 e. The lowest BCUT2D eigenvalue weighted by Gasteiger charge is -2.32. The highest BCUT2D eigenvalue weighted by atomic mass is 35.5. The Hall–Kier alpha value is -2.87. The molecule has 2 aromatic heterocycles. The van der Waals surface area contributed by atoms with Gasteiger partial charge in [-0.15, -0.1) is 0 Å². The molecule has 1 fully saturated rings. The number of nitrogens with zero attached hydrogens (tertiary/aromatic N) is 4. The van der Waals surface area contributed by atoms with Crippen LogP contribution in [0.3, 0.4) is 0 Å². The number of phenols is 1. The van der Waals surface area contributed by atoms with Gasteiger partial charge in [0.2, 0.25) is 0 Å². The Bertz CT molecular complexity index is 1320. The molecule has 1 N–H and O–H groups in total. The first kappa shape index (κ1) is 23.9. The summed E-state index contributed by atoms with van der Waals surface area (Å²) in [5, 5.41) is 14.3. The van der Waals surface area contributed by atoms with Crippen molar-refractivity contribution in [3.8, 4) is 16.9 Å². The van der Waals surface area contributed by atoms with E-state index in [1.54, 1.807) is 6.07 Å². The topological polar surface area (TPSA) is 76.6 Å². The van der Waals surface area contributed by atoms with Crippen LogP contribution in [0.4, 0.5) is 0 Å². The summed E-state index contributed by atoms with van der Waals surface area (Å²) in [4.78, 5) is 7.57. The smallest absolute Gasteiger partial charge is 0.141 e. The highest BCUT2D eigenvalue weighted by Crippen LogP contribution is 2.31. The molecule has 184 valence electrons. The quantitative estimate of drug-likeness (QED) is 0.382. The van der Waals surface area contributed by atoms with E-state index < -0.39 is 0 Å². The molecule has 3 heterocycles. The Morgan fingerprint density at radius 1 is 1.09 bits per heavy atom. The molecule has 1 aliphatic rings. The summed E-state index contributed by atoms with van der Waals surface area (Å²) in [5.41, 5.74) is 6.14. The van der Waals surface area contributed by atoms with Crippen molar-refractivity contribution in [2.75, 3.05) is 26.3 Å². The molecule has 7 nitrogen and oxygen atoms in total. The average molecular weight is 495 g/mol. The summed E-state index contributed by atoms with van der Waals surface area (Å²) in [6.07, 6.45) is 1.55. The molecular weight excluding hydrogens is 464 g/mol. The van der Waals surface area contributed by atoms with Gasteiger partial charge in [-0.25, -0.2) is 4.98 Å². The number of fused-ring (bicyclic) bond motifs is 1. The number of ether oxygens (including phenoxy) is 1. The second kappa shape index (κ2) is 10.0. The van der Waals surface area contributed by atoms with E-state index in [0.717, 1.165) is 90.7 Å². The first-order chi connectivity index (χ1) is 16.9. The fraction of sp³-hybridized carbons (Fsp3) is 0.407. The van der Waals surface area contributed by atoms with Gasteiger partial charge in [0.05, 0.1) is 35.0 Å². The molecule has 5 rings (SSSR count). The maximum atomic E-state index is 9.76. The van der Waals surface area contributed by atoms with Crippen LogP contribution in [0.5, 0.6) is 5.75 Å². The summed E-state index contributed by atoms with van der Waals surface area (Å²) in [6, 6.07) is 12.2. The van der Waals surface area contributed by atoms with Crippen molar-refractivity contribution in [3.05, 3.63) is 64.3 Å². The molecule has 4 aromatic rings. The van der Waals surface area contributed by atoms with Crippen molar-refractivity contribution >= 4 is 22.6 Å². The number of aromatic hydroxyl groups is 1. The molecule has 35 heavy (non-hydrogen) atoms. The molecule has 1 atom stereocenters. The summed E-state index contributed by atoms with van der Waals surface area (Å²) in [5.74, 6) is 1.96. The Morgan fingerprint density at radius 3 is 2.60 bits per heavy atom. The molecule has 1 unspecified atom stereocenters. The molecule has 0 radical (unpaired) electrons. The van der Waals surface area contributed by atoms with E-state index in [1.165, 1.54) is 0 Å². The van der Waals surface area contributed by atoms with Crippen LogP contribution >= 0.6 is 11.6 Å². The van der Waals surface area contributed by atoms with Crippen LogP contribution in [-0.4, -0.2) is 57.1 Å². The molecule has 2 aromatic carbocycles. The average Bonchev–Trinajstić information content (AvgIpc) is 3.38. The van der Waals surface area contributed by atoms with E-state index in [1.807, 2.05) is 26.0 Å². The van der Waals surface area contributed by atoms with Gasteiger partial charge in [0.15, 0.2) is 0 Å². The van der Waals surface area contributed by atoms with Crippen molar-refractivity contribution in [1.29, 1.82) is 0 Å². The van der Waals surface area contributed by atoms with Gasteiger partial charge in [-0.2, -0.15) is 0 Å². The van der Waals surface area contributed by atoms with Crippen molar-refractivity contribution < 1.29 is 14.4 Å². The summed E-state index contributed by atoms with van der Waals surface area (Å²) in [7, 11) is 0. The zero-order valence-electron chi connectivity index (χ0n) is 20.4. The van der Waals surface area contributed by atoms with E-state index in [0.29, 0.717) is 11.1 Å². The third-order valence-corrected chi connectivity index (χ3v) is 7.22. The van der Waals surface area contributed by atoms with E-state index in [9.17, 15) is 5.11 Å². The zero-order chi connectivity index (χ0) is 24.5. The minimum Gasteiger partial charge on any atom is -0.506 e. The predicted octanol–water partition coefficient (Wildman–Crippen LogP) is 5.17. The van der Waals surface area contributed by atoms with Gasteiger partial charge in [0.25, 0.3) is 0 Å². The molecular formula is C27H31ClN4O3. The number of phenolic OH excluding ortho intramolecular Hbond substituents is 1. The van der Waals surface area contributed by atoms with Crippen molar-refractivity contribution in [2.45, 2.75) is 46.2 Å². The second-order valence-electron chi connectivity index (χ2n) is 9.32. The third kappa shape index (κ3) is 4.94. The van der Waals surface area contributed by atoms with Gasteiger partial charge < -0.3 is 18.9 Å². The first-order valence-corrected chi connectivity index (χ1v) is 12.5. The van der Waals surface area contributed by atoms with Crippen LogP contribution in [0.1, 0.15) is 29.8 Å². The highest BCUT2D eigenvalue weighted by Gasteiger charge is 2.21. The molecule has 1 aliphatic heterocycles. The van der Waals surface area contributed by atoms with E-state index >= 15 is 0 Å². The standard InChI is InChI=1S/C27H31ClN4O3/c1-17(31-10-12-34-13-11-31)16-32-24-7-6-21(27-18(2)30-35-19(27)3)15-23(24)29-26(32)9-5-20-4-8-25(33)22(28)14-20/h4,6-8,14-15,17,33H,5,9-13,16H2,1-3H3. The Morgan fingerprint density at radius 2 is 1.89 bits per heavy atom. The van der Waals surface area contributed by atoms with Crippen LogP contribution in [0.25, 0.3) is 22.2 Å². The number of rotatable bonds is 7. The SMILES string of the molecule is Cc1noc(C)c1-c1ccc2c(c1)nc(CCc1ccc(O)c(Cl)c1)n2CC(C)N1CCOCC1. The zero-order valence-corrected chi connectivity index (χ0v) is 21.2. The Balaban J connectivity index is 1.49. The lowest BCUT2D eigenvalue weighted by atomic mass is 10.0. The van der Waals surface area contributed by atoms with Crippen LogP contribution in [0.2, 0.25) is 5.02 Å². The third-order valence-electron chi connectivity index (χ3n) is 6.91. The minimum absolute atomic E-state index is 0.105. The number of hydrogen-bond donors (Lipinski definition) is 1. The van der Waals surface area contributed by atoms with Gasteiger partial charge in [-0.05, 0) is 62.6 Å². The van der Waals surface area contributed by atoms with Crippen LogP contribution in [0.15, 0.2) is 40.9 Å². The summed E-state index contributed by atoms with van der Waals surface area (Å²) >= 11 is 6.14. The van der Waals surface area contributed by atoms with Gasteiger partial charge in [-0.1, -0.05) is 28.9 Å². The normalized spacial score (nSPS) is 15.7. The number of morpholine rings is 1. The van der Waals surface area contributed by atoms with E-state index in [-0.39, 0.29) is 5.75 Å². The van der Waals surface area contributed by atoms with Gasteiger partial charge in [0, 0.05) is 37.7 Å². The number of halogens is 1. The summed E-state index contributed by atoms with van der Waals surface area (Å²) in [6.45, 7) is 10.5. The molecule has 1 saturated heterocycles. The Kier molecular flexibility index (Phi) is 6.82. The highest BCUT2D eigenvalue weighted by molar-refractivity contribution is 6.32. The number of benzene rings is 2. The first-order valence-electron chi connectivity index (χ1n) is 12.1. The molecule has 0 spiro atoms. The fourth-order valence-corrected chi connectivity index (χ4v) is 5.19. The lowest BCUT2D eigenvalue weighted by Crippen LogP contribution is -2.44. The number of hydrogen-bond acceptors (Lipinski definition) is 6. The maximum Gasteiger partial charge on any atom is 0.141 e. The van der Waals surface area contributed by atoms with Crippen LogP contribution in [0, 0.1) is 13.8 Å². The molecule has 0 bridgehead atoms. The number of aryl methyl sites for hydroxylation is 4. The maximum absolute atomic E-state index is 9.76. The summed E-state index contributed by atoms with van der Waals surface area (Å²) < 4.78 is 13.3. The predicted molar refractivity (Wildman–Crippen MR) is 137 cm³/mol. The van der Waals surface area contributed by atoms with Crippen LogP contribution < -0.4 is 0 Å². The minimum atomic E-state index is 0.105. The number of aromatic nitrogens is 3. The Labute approximate surface area is 210 Å². The lowest BCUT2D eigenvalue weighted by molar-refractivity contribution is 0.0170. The monoisotopic (exact) mass is 494 g/mol. The van der Waals surface area contributed by atoms with Gasteiger partial charge in [0.1, 0.15) is 17.3 Å². The van der Waals surface area contributed by atoms with E-state index in [2.05, 4.69) is 39.7 Å². The molecule has 8 heteroatoms. The number of imidazole rings is 1. The van der Waals surface area contributed by atoms with Crippen molar-refractivity contribution in [1.82, 2.24) is 19.6 Å². The molecule has 0 aliphatic carbocycles. The van der Waals surface area contributed by atoms with Gasteiger partial charge in [-0.3, -0.25) is 4.90 Å². The van der Waals surface area contributed by atoms with Gasteiger partial charge >= 0.3 is 0 Å². The second-order valence-corrected chi connectivity index (χ2v) is 9.73.